The van der Waals surface area contributed by atoms with Gasteiger partial charge in [-0.15, -0.1) is 0 Å². The molecule has 0 unspecified atom stereocenters. The highest BCUT2D eigenvalue weighted by atomic mass is 35.5. The van der Waals surface area contributed by atoms with E-state index in [4.69, 9.17) is 11.6 Å². The van der Waals surface area contributed by atoms with Crippen LogP contribution in [0.2, 0.25) is 5.02 Å². The molecule has 1 amide bonds. The van der Waals surface area contributed by atoms with E-state index >= 15 is 0 Å². The normalized spacial score (nSPS) is 20.0. The Morgan fingerprint density at radius 1 is 1.10 bits per heavy atom. The Kier molecular flexibility index (Phi) is 7.46. The number of alkyl halides is 3. The predicted octanol–water partition coefficient (Wildman–Crippen LogP) is 6.58. The largest absolute Gasteiger partial charge is 0.417 e. The van der Waals surface area contributed by atoms with E-state index < -0.39 is 38.9 Å². The van der Waals surface area contributed by atoms with Gasteiger partial charge in [0, 0.05) is 17.2 Å². The second-order valence-electron chi connectivity index (χ2n) is 10.9. The maximum Gasteiger partial charge on any atom is 0.417 e. The van der Waals surface area contributed by atoms with Crippen LogP contribution in [0.5, 0.6) is 0 Å². The van der Waals surface area contributed by atoms with Gasteiger partial charge >= 0.3 is 6.18 Å². The van der Waals surface area contributed by atoms with Crippen molar-refractivity contribution >= 4 is 45.0 Å². The molecular weight excluding hydrogens is 614 g/mol. The summed E-state index contributed by atoms with van der Waals surface area (Å²) in [5.41, 5.74) is 0.234. The summed E-state index contributed by atoms with van der Waals surface area (Å²) in [6, 6.07) is 10.2. The van der Waals surface area contributed by atoms with Crippen molar-refractivity contribution in [1.82, 2.24) is 10.3 Å². The summed E-state index contributed by atoms with van der Waals surface area (Å²) in [4.78, 5) is 17.0. The number of hydrogen-bond donors (Lipinski definition) is 1. The molecule has 222 valence electrons. The minimum atomic E-state index is -4.59. The number of hydrogen-bond acceptors (Lipinski definition) is 5. The van der Waals surface area contributed by atoms with Gasteiger partial charge in [-0.05, 0) is 97.2 Å². The highest BCUT2D eigenvalue weighted by Gasteiger charge is 2.59. The molecule has 1 aliphatic carbocycles. The number of nitrogens with one attached hydrogen (secondary N) is 1. The van der Waals surface area contributed by atoms with Gasteiger partial charge in [0.25, 0.3) is 15.9 Å². The van der Waals surface area contributed by atoms with Crippen LogP contribution >= 0.6 is 23.4 Å². The number of thioether (sulfide) groups is 1. The van der Waals surface area contributed by atoms with Crippen molar-refractivity contribution in [3.8, 4) is 0 Å². The molecule has 3 aliphatic rings. The average molecular weight is 640 g/mol. The van der Waals surface area contributed by atoms with Crippen LogP contribution in [-0.2, 0) is 28.2 Å². The molecule has 1 atom stereocenters. The number of rotatable bonds is 6. The molecule has 2 aliphatic heterocycles. The lowest BCUT2D eigenvalue weighted by Gasteiger charge is -2.41. The molecule has 1 aromatic heterocycles. The predicted molar refractivity (Wildman–Crippen MR) is 153 cm³/mol. The van der Waals surface area contributed by atoms with Gasteiger partial charge in [-0.1, -0.05) is 11.6 Å². The Bertz CT molecular complexity index is 1640. The number of aromatic nitrogens is 1. The highest BCUT2D eigenvalue weighted by Crippen LogP contribution is 2.59. The van der Waals surface area contributed by atoms with Crippen LogP contribution in [0.4, 0.5) is 23.2 Å². The van der Waals surface area contributed by atoms with Crippen molar-refractivity contribution in [3.05, 3.63) is 88.0 Å². The van der Waals surface area contributed by atoms with Crippen LogP contribution in [0.1, 0.15) is 52.9 Å². The van der Waals surface area contributed by atoms with Crippen LogP contribution in [-0.4, -0.2) is 36.9 Å². The summed E-state index contributed by atoms with van der Waals surface area (Å²) in [5, 5.41) is 2.46. The van der Waals surface area contributed by atoms with Crippen LogP contribution in [0.25, 0.3) is 0 Å². The van der Waals surface area contributed by atoms with Gasteiger partial charge in [0.1, 0.15) is 5.82 Å². The number of carbonyl (C=O) groups is 1. The number of fused-ring (bicyclic) bond motifs is 2. The Morgan fingerprint density at radius 2 is 1.79 bits per heavy atom. The SMILES string of the molecule is O=C(NCc1ncc(C(F)(F)F)cc1Cl)c1ccc2c(c1)C1(CCSCC1)[C@H](C1CC1)N2S(=O)(=O)c1ccc(F)cc1. The minimum absolute atomic E-state index is 0.00507. The molecule has 1 saturated heterocycles. The molecule has 1 saturated carbocycles. The molecule has 6 nitrogen and oxygen atoms in total. The third-order valence-corrected chi connectivity index (χ3v) is 11.5. The Hall–Kier alpha value is -2.83. The topological polar surface area (TPSA) is 79.4 Å². The van der Waals surface area contributed by atoms with Crippen LogP contribution in [0, 0.1) is 11.7 Å². The monoisotopic (exact) mass is 639 g/mol. The summed E-state index contributed by atoms with van der Waals surface area (Å²) >= 11 is 7.82. The molecular formula is C29H26ClF4N3O3S2. The van der Waals surface area contributed by atoms with E-state index in [2.05, 4.69) is 10.3 Å². The molecule has 6 rings (SSSR count). The molecule has 0 radical (unpaired) electrons. The first-order chi connectivity index (χ1) is 19.9. The fourth-order valence-corrected chi connectivity index (χ4v) is 9.43. The van der Waals surface area contributed by atoms with Crippen molar-refractivity contribution in [3.63, 3.8) is 0 Å². The number of anilines is 1. The molecule has 2 fully saturated rings. The maximum atomic E-state index is 14.1. The lowest BCUT2D eigenvalue weighted by atomic mass is 9.70. The number of sulfonamides is 1. The Morgan fingerprint density at radius 3 is 2.40 bits per heavy atom. The maximum absolute atomic E-state index is 14.1. The van der Waals surface area contributed by atoms with Gasteiger partial charge in [-0.2, -0.15) is 24.9 Å². The molecule has 0 bridgehead atoms. The minimum Gasteiger partial charge on any atom is -0.346 e. The zero-order valence-corrected chi connectivity index (χ0v) is 24.5. The van der Waals surface area contributed by atoms with Gasteiger partial charge in [-0.3, -0.25) is 14.1 Å². The molecule has 42 heavy (non-hydrogen) atoms. The number of halogens is 5. The van der Waals surface area contributed by atoms with E-state index in [0.717, 1.165) is 61.0 Å². The van der Waals surface area contributed by atoms with E-state index in [-0.39, 0.29) is 34.1 Å². The Labute approximate surface area is 249 Å². The van der Waals surface area contributed by atoms with Crippen LogP contribution in [0.15, 0.2) is 59.6 Å². The lowest BCUT2D eigenvalue weighted by Crippen LogP contribution is -2.50. The summed E-state index contributed by atoms with van der Waals surface area (Å²) < 4.78 is 82.3. The van der Waals surface area contributed by atoms with E-state index in [1.54, 1.807) is 18.2 Å². The number of pyridine rings is 1. The zero-order valence-electron chi connectivity index (χ0n) is 22.1. The van der Waals surface area contributed by atoms with Crippen molar-refractivity contribution in [2.75, 3.05) is 15.8 Å². The smallest absolute Gasteiger partial charge is 0.346 e. The number of carbonyl (C=O) groups excluding carboxylic acids is 1. The molecule has 1 N–H and O–H groups in total. The number of benzene rings is 2. The van der Waals surface area contributed by atoms with E-state index in [1.807, 2.05) is 11.8 Å². The third kappa shape index (κ3) is 5.15. The first kappa shape index (κ1) is 29.3. The van der Waals surface area contributed by atoms with Crippen molar-refractivity contribution in [2.24, 2.45) is 5.92 Å². The van der Waals surface area contributed by atoms with E-state index in [0.29, 0.717) is 17.4 Å². The van der Waals surface area contributed by atoms with Crippen LogP contribution in [0.3, 0.4) is 0 Å². The number of amides is 1. The second kappa shape index (κ2) is 10.7. The van der Waals surface area contributed by atoms with Gasteiger partial charge in [0.2, 0.25) is 0 Å². The van der Waals surface area contributed by atoms with E-state index in [1.165, 1.54) is 16.4 Å². The fraction of sp³-hybridized carbons (Fsp3) is 0.379. The van der Waals surface area contributed by atoms with Gasteiger partial charge in [0.15, 0.2) is 0 Å². The standard InChI is InChI=1S/C29H26ClF4N3O3S2/c30-23-14-19(29(32,33)34)15-35-24(23)16-36-27(38)18-3-8-25-22(13-18)28(9-11-41-12-10-28)26(17-1-2-17)37(25)42(39,40)21-6-4-20(31)5-7-21/h3-8,13-15,17,26H,1-2,9-12,16H2,(H,36,38)/t26-/m0/s1. The summed E-state index contributed by atoms with van der Waals surface area (Å²) in [5.74, 6) is 0.849. The average Bonchev–Trinajstić information content (AvgIpc) is 3.76. The molecule has 3 heterocycles. The molecule has 2 aromatic carbocycles. The van der Waals surface area contributed by atoms with Crippen LogP contribution < -0.4 is 9.62 Å². The summed E-state index contributed by atoms with van der Waals surface area (Å²) in [6.07, 6.45) is -0.627. The first-order valence-corrected chi connectivity index (χ1v) is 16.4. The zero-order chi connectivity index (χ0) is 29.9. The van der Waals surface area contributed by atoms with Gasteiger partial charge in [-0.25, -0.2) is 12.8 Å². The van der Waals surface area contributed by atoms with Crippen molar-refractivity contribution < 1.29 is 30.8 Å². The van der Waals surface area contributed by atoms with Gasteiger partial charge in [0.05, 0.1) is 39.4 Å². The lowest BCUT2D eigenvalue weighted by molar-refractivity contribution is -0.137. The molecule has 3 aromatic rings. The summed E-state index contributed by atoms with van der Waals surface area (Å²) in [6.45, 7) is -0.190. The fourth-order valence-electron chi connectivity index (χ4n) is 6.17. The van der Waals surface area contributed by atoms with Crippen molar-refractivity contribution in [1.29, 1.82) is 0 Å². The quantitative estimate of drug-likeness (QED) is 0.309. The van der Waals surface area contributed by atoms with Gasteiger partial charge < -0.3 is 5.32 Å². The summed E-state index contributed by atoms with van der Waals surface area (Å²) in [7, 11) is -4.04. The Balaban J connectivity index is 1.35. The highest BCUT2D eigenvalue weighted by molar-refractivity contribution is 7.99. The molecule has 1 spiro atoms. The second-order valence-corrected chi connectivity index (χ2v) is 14.3. The molecule has 13 heteroatoms. The van der Waals surface area contributed by atoms with Crippen molar-refractivity contribution in [2.45, 2.75) is 54.8 Å². The van der Waals surface area contributed by atoms with E-state index in [9.17, 15) is 30.8 Å². The first-order valence-electron chi connectivity index (χ1n) is 13.4. The number of nitrogens with zero attached hydrogens (tertiary/aromatic N) is 2. The third-order valence-electron chi connectivity index (χ3n) is 8.34.